The molecule has 1 aliphatic carbocycles. The van der Waals surface area contributed by atoms with Gasteiger partial charge < -0.3 is 16.4 Å². The van der Waals surface area contributed by atoms with Gasteiger partial charge in [-0.05, 0) is 31.6 Å². The lowest BCUT2D eigenvalue weighted by Crippen LogP contribution is -2.25. The molecule has 1 aromatic rings. The lowest BCUT2D eigenvalue weighted by atomic mass is 9.98. The van der Waals surface area contributed by atoms with Crippen LogP contribution < -0.4 is 16.4 Å². The zero-order valence-corrected chi connectivity index (χ0v) is 11.4. The largest absolute Gasteiger partial charge is 0.370 e. The van der Waals surface area contributed by atoms with Crippen molar-refractivity contribution < 1.29 is 0 Å². The summed E-state index contributed by atoms with van der Waals surface area (Å²) in [6.07, 6.45) is 2.47. The SMILES string of the molecule is CCNc1cc(NC2CCC(C)C2C)nc(N)n1. The molecule has 1 fully saturated rings. The second-order valence-electron chi connectivity index (χ2n) is 5.19. The van der Waals surface area contributed by atoms with E-state index in [0.29, 0.717) is 17.9 Å². The Labute approximate surface area is 109 Å². The zero-order valence-electron chi connectivity index (χ0n) is 11.4. The maximum atomic E-state index is 5.72. The van der Waals surface area contributed by atoms with Crippen LogP contribution in [0.25, 0.3) is 0 Å². The van der Waals surface area contributed by atoms with E-state index in [4.69, 9.17) is 5.73 Å². The zero-order chi connectivity index (χ0) is 13.1. The molecule has 1 aromatic heterocycles. The van der Waals surface area contributed by atoms with Gasteiger partial charge in [-0.1, -0.05) is 13.8 Å². The van der Waals surface area contributed by atoms with E-state index in [2.05, 4.69) is 34.4 Å². The molecule has 0 aliphatic heterocycles. The van der Waals surface area contributed by atoms with Crippen molar-refractivity contribution in [2.45, 2.75) is 39.7 Å². The number of hydrogen-bond donors (Lipinski definition) is 3. The second-order valence-corrected chi connectivity index (χ2v) is 5.19. The molecular weight excluding hydrogens is 226 g/mol. The minimum atomic E-state index is 0.314. The monoisotopic (exact) mass is 249 g/mol. The molecule has 1 heterocycles. The Morgan fingerprint density at radius 1 is 1.28 bits per heavy atom. The van der Waals surface area contributed by atoms with Gasteiger partial charge in [-0.15, -0.1) is 0 Å². The summed E-state index contributed by atoms with van der Waals surface area (Å²) in [5.74, 6) is 3.36. The molecule has 5 heteroatoms. The van der Waals surface area contributed by atoms with Crippen LogP contribution in [-0.2, 0) is 0 Å². The van der Waals surface area contributed by atoms with Crippen LogP contribution in [0.5, 0.6) is 0 Å². The molecule has 0 radical (unpaired) electrons. The summed E-state index contributed by atoms with van der Waals surface area (Å²) in [6, 6.07) is 2.42. The number of nitrogen functional groups attached to an aromatic ring is 1. The Morgan fingerprint density at radius 3 is 2.61 bits per heavy atom. The van der Waals surface area contributed by atoms with Crippen LogP contribution in [0.1, 0.15) is 33.6 Å². The van der Waals surface area contributed by atoms with Crippen molar-refractivity contribution in [1.29, 1.82) is 0 Å². The highest BCUT2D eigenvalue weighted by Gasteiger charge is 2.29. The summed E-state index contributed by atoms with van der Waals surface area (Å²) in [4.78, 5) is 8.40. The van der Waals surface area contributed by atoms with Crippen LogP contribution >= 0.6 is 0 Å². The van der Waals surface area contributed by atoms with Crippen molar-refractivity contribution in [3.8, 4) is 0 Å². The number of aromatic nitrogens is 2. The molecule has 0 spiro atoms. The molecule has 0 amide bonds. The number of rotatable bonds is 4. The Kier molecular flexibility index (Phi) is 3.89. The van der Waals surface area contributed by atoms with Crippen molar-refractivity contribution in [2.75, 3.05) is 22.9 Å². The lowest BCUT2D eigenvalue weighted by Gasteiger charge is -2.20. The van der Waals surface area contributed by atoms with Gasteiger partial charge in [0.2, 0.25) is 5.95 Å². The topological polar surface area (TPSA) is 75.9 Å². The minimum Gasteiger partial charge on any atom is -0.370 e. The van der Waals surface area contributed by atoms with Gasteiger partial charge >= 0.3 is 0 Å². The van der Waals surface area contributed by atoms with E-state index < -0.39 is 0 Å². The van der Waals surface area contributed by atoms with Crippen molar-refractivity contribution in [3.05, 3.63) is 6.07 Å². The smallest absolute Gasteiger partial charge is 0.223 e. The number of anilines is 3. The van der Waals surface area contributed by atoms with Gasteiger partial charge in [0.1, 0.15) is 11.6 Å². The molecule has 2 rings (SSSR count). The predicted molar refractivity (Wildman–Crippen MR) is 75.6 cm³/mol. The first-order chi connectivity index (χ1) is 8.60. The molecule has 3 unspecified atom stereocenters. The molecule has 5 nitrogen and oxygen atoms in total. The van der Waals surface area contributed by atoms with E-state index >= 15 is 0 Å². The van der Waals surface area contributed by atoms with Crippen LogP contribution in [0.3, 0.4) is 0 Å². The number of nitrogens with zero attached hydrogens (tertiary/aromatic N) is 2. The Balaban J connectivity index is 2.09. The van der Waals surface area contributed by atoms with Crippen molar-refractivity contribution >= 4 is 17.6 Å². The molecular formula is C13H23N5. The van der Waals surface area contributed by atoms with E-state index in [0.717, 1.165) is 24.1 Å². The van der Waals surface area contributed by atoms with E-state index in [1.54, 1.807) is 0 Å². The Hall–Kier alpha value is -1.52. The maximum Gasteiger partial charge on any atom is 0.223 e. The third-order valence-electron chi connectivity index (χ3n) is 3.90. The highest BCUT2D eigenvalue weighted by molar-refractivity contribution is 5.51. The van der Waals surface area contributed by atoms with E-state index in [1.165, 1.54) is 12.8 Å². The van der Waals surface area contributed by atoms with Crippen LogP contribution in [0.15, 0.2) is 6.07 Å². The highest BCUT2D eigenvalue weighted by Crippen LogP contribution is 2.33. The van der Waals surface area contributed by atoms with Crippen LogP contribution in [0.4, 0.5) is 17.6 Å². The molecule has 3 atom stereocenters. The molecule has 4 N–H and O–H groups in total. The fraction of sp³-hybridized carbons (Fsp3) is 0.692. The Morgan fingerprint density at radius 2 is 2.00 bits per heavy atom. The van der Waals surface area contributed by atoms with Gasteiger partial charge in [0.15, 0.2) is 0 Å². The number of nitrogens with one attached hydrogen (secondary N) is 2. The standard InChI is InChI=1S/C13H23N5/c1-4-15-11-7-12(18-13(14)17-11)16-10-6-5-8(2)9(10)3/h7-10H,4-6H2,1-3H3,(H4,14,15,16,17,18). The molecule has 1 aliphatic rings. The molecule has 100 valence electrons. The first-order valence-corrected chi connectivity index (χ1v) is 6.75. The predicted octanol–water partition coefficient (Wildman–Crippen LogP) is 2.34. The van der Waals surface area contributed by atoms with Gasteiger partial charge in [0, 0.05) is 18.7 Å². The van der Waals surface area contributed by atoms with Gasteiger partial charge in [0.05, 0.1) is 0 Å². The maximum absolute atomic E-state index is 5.72. The van der Waals surface area contributed by atoms with Gasteiger partial charge in [-0.2, -0.15) is 9.97 Å². The summed E-state index contributed by atoms with van der Waals surface area (Å²) in [5.41, 5.74) is 5.72. The molecule has 0 saturated heterocycles. The highest BCUT2D eigenvalue weighted by atomic mass is 15.1. The van der Waals surface area contributed by atoms with Crippen LogP contribution in [-0.4, -0.2) is 22.6 Å². The fourth-order valence-electron chi connectivity index (χ4n) is 2.57. The summed E-state index contributed by atoms with van der Waals surface area (Å²) in [5, 5.41) is 6.65. The first kappa shape index (κ1) is 12.9. The number of hydrogen-bond acceptors (Lipinski definition) is 5. The van der Waals surface area contributed by atoms with Gasteiger partial charge in [-0.3, -0.25) is 0 Å². The molecule has 18 heavy (non-hydrogen) atoms. The van der Waals surface area contributed by atoms with Gasteiger partial charge in [-0.25, -0.2) is 0 Å². The quantitative estimate of drug-likeness (QED) is 0.763. The lowest BCUT2D eigenvalue weighted by molar-refractivity contribution is 0.435. The third kappa shape index (κ3) is 2.83. The summed E-state index contributed by atoms with van der Waals surface area (Å²) in [7, 11) is 0. The third-order valence-corrected chi connectivity index (χ3v) is 3.90. The van der Waals surface area contributed by atoms with E-state index in [-0.39, 0.29) is 0 Å². The molecule has 1 saturated carbocycles. The van der Waals surface area contributed by atoms with Crippen LogP contribution in [0, 0.1) is 11.8 Å². The number of nitrogens with two attached hydrogens (primary N) is 1. The second kappa shape index (κ2) is 5.42. The van der Waals surface area contributed by atoms with Crippen molar-refractivity contribution in [2.24, 2.45) is 11.8 Å². The average Bonchev–Trinajstić information content (AvgIpc) is 2.61. The average molecular weight is 249 g/mol. The summed E-state index contributed by atoms with van der Waals surface area (Å²) < 4.78 is 0. The van der Waals surface area contributed by atoms with Gasteiger partial charge in [0.25, 0.3) is 0 Å². The first-order valence-electron chi connectivity index (χ1n) is 6.75. The normalized spacial score (nSPS) is 27.2. The van der Waals surface area contributed by atoms with E-state index in [9.17, 15) is 0 Å². The molecule has 0 bridgehead atoms. The van der Waals surface area contributed by atoms with Crippen molar-refractivity contribution in [3.63, 3.8) is 0 Å². The van der Waals surface area contributed by atoms with E-state index in [1.807, 2.05) is 13.0 Å². The summed E-state index contributed by atoms with van der Waals surface area (Å²) >= 11 is 0. The Bertz CT molecular complexity index is 406. The minimum absolute atomic E-state index is 0.314. The molecule has 0 aromatic carbocycles. The van der Waals surface area contributed by atoms with Crippen molar-refractivity contribution in [1.82, 2.24) is 9.97 Å². The fourth-order valence-corrected chi connectivity index (χ4v) is 2.57. The summed E-state index contributed by atoms with van der Waals surface area (Å²) in [6.45, 7) is 7.47. The van der Waals surface area contributed by atoms with Crippen LogP contribution in [0.2, 0.25) is 0 Å².